The van der Waals surface area contributed by atoms with E-state index in [-0.39, 0.29) is 4.90 Å². The molecule has 1 aromatic heterocycles. The lowest BCUT2D eigenvalue weighted by molar-refractivity contribution is 0.411. The Labute approximate surface area is 157 Å². The quantitative estimate of drug-likeness (QED) is 0.714. The van der Waals surface area contributed by atoms with Gasteiger partial charge in [-0.15, -0.1) is 0 Å². The fourth-order valence-corrected chi connectivity index (χ4v) is 3.89. The highest BCUT2D eigenvalue weighted by Crippen LogP contribution is 2.28. The Bertz CT molecular complexity index is 1040. The van der Waals surface area contributed by atoms with E-state index < -0.39 is 10.0 Å². The predicted octanol–water partition coefficient (Wildman–Crippen LogP) is 3.95. The minimum absolute atomic E-state index is 0.0437. The lowest BCUT2D eigenvalue weighted by atomic mass is 10.1. The van der Waals surface area contributed by atoms with E-state index >= 15 is 0 Å². The molecule has 0 saturated carbocycles. The molecule has 1 heterocycles. The van der Waals surface area contributed by atoms with Crippen LogP contribution in [-0.4, -0.2) is 25.3 Å². The fraction of sp³-hybridized carbons (Fsp3) is 0.167. The van der Waals surface area contributed by atoms with E-state index in [1.165, 1.54) is 24.2 Å². The van der Waals surface area contributed by atoms with Gasteiger partial charge in [0.15, 0.2) is 0 Å². The number of anilines is 1. The molecule has 0 aliphatic heterocycles. The fourth-order valence-electron chi connectivity index (χ4n) is 2.59. The molecule has 0 fully saturated rings. The van der Waals surface area contributed by atoms with Crippen LogP contribution in [0.1, 0.15) is 11.1 Å². The number of rotatable bonds is 5. The van der Waals surface area contributed by atoms with Crippen molar-refractivity contribution in [2.45, 2.75) is 18.7 Å². The minimum Gasteiger partial charge on any atom is -0.494 e. The summed E-state index contributed by atoms with van der Waals surface area (Å²) in [7, 11) is -2.26. The molecule has 26 heavy (non-hydrogen) atoms. The van der Waals surface area contributed by atoms with Gasteiger partial charge in [-0.25, -0.2) is 13.1 Å². The lowest BCUT2D eigenvalue weighted by Crippen LogP contribution is -2.14. The number of aromatic nitrogens is 2. The Morgan fingerprint density at radius 1 is 1.15 bits per heavy atom. The maximum Gasteiger partial charge on any atom is 0.265 e. The van der Waals surface area contributed by atoms with Crippen LogP contribution in [0.25, 0.3) is 5.69 Å². The van der Waals surface area contributed by atoms with Gasteiger partial charge >= 0.3 is 0 Å². The molecule has 8 heteroatoms. The zero-order valence-electron chi connectivity index (χ0n) is 14.5. The van der Waals surface area contributed by atoms with Crippen molar-refractivity contribution in [3.05, 3.63) is 64.9 Å². The molecule has 0 aliphatic rings. The molecule has 136 valence electrons. The topological polar surface area (TPSA) is 73.2 Å². The summed E-state index contributed by atoms with van der Waals surface area (Å²) in [6.45, 7) is 3.70. The first-order valence-corrected chi connectivity index (χ1v) is 9.65. The third-order valence-corrected chi connectivity index (χ3v) is 5.51. The monoisotopic (exact) mass is 391 g/mol. The summed E-state index contributed by atoms with van der Waals surface area (Å²) in [6.07, 6.45) is 2.71. The average molecular weight is 392 g/mol. The second-order valence-electron chi connectivity index (χ2n) is 5.81. The Hall–Kier alpha value is -2.51. The van der Waals surface area contributed by atoms with Gasteiger partial charge in [-0.3, -0.25) is 4.72 Å². The van der Waals surface area contributed by atoms with Gasteiger partial charge in [-0.2, -0.15) is 5.10 Å². The van der Waals surface area contributed by atoms with Crippen LogP contribution >= 0.6 is 11.6 Å². The maximum absolute atomic E-state index is 12.8. The molecule has 6 nitrogen and oxygen atoms in total. The highest BCUT2D eigenvalue weighted by atomic mass is 35.5. The van der Waals surface area contributed by atoms with Gasteiger partial charge in [0.2, 0.25) is 0 Å². The van der Waals surface area contributed by atoms with Crippen LogP contribution in [0.4, 0.5) is 5.69 Å². The number of benzene rings is 2. The largest absolute Gasteiger partial charge is 0.494 e. The zero-order chi connectivity index (χ0) is 18.9. The maximum atomic E-state index is 12.8. The third kappa shape index (κ3) is 3.54. The molecule has 0 bridgehead atoms. The molecule has 0 aliphatic carbocycles. The Balaban J connectivity index is 1.98. The van der Waals surface area contributed by atoms with E-state index in [0.717, 1.165) is 11.1 Å². The van der Waals surface area contributed by atoms with Crippen molar-refractivity contribution >= 4 is 27.3 Å². The van der Waals surface area contributed by atoms with Crippen LogP contribution < -0.4 is 9.46 Å². The first-order chi connectivity index (χ1) is 12.3. The van der Waals surface area contributed by atoms with Gasteiger partial charge < -0.3 is 4.74 Å². The van der Waals surface area contributed by atoms with E-state index in [1.54, 1.807) is 18.2 Å². The van der Waals surface area contributed by atoms with Crippen molar-refractivity contribution in [2.24, 2.45) is 0 Å². The van der Waals surface area contributed by atoms with Crippen LogP contribution in [-0.2, 0) is 10.0 Å². The highest BCUT2D eigenvalue weighted by molar-refractivity contribution is 7.92. The van der Waals surface area contributed by atoms with Crippen LogP contribution in [0.15, 0.2) is 53.7 Å². The van der Waals surface area contributed by atoms with Crippen molar-refractivity contribution in [3.63, 3.8) is 0 Å². The number of sulfonamides is 1. The van der Waals surface area contributed by atoms with Crippen molar-refractivity contribution < 1.29 is 13.2 Å². The summed E-state index contributed by atoms with van der Waals surface area (Å²) in [5.74, 6) is 0.532. The van der Waals surface area contributed by atoms with Crippen LogP contribution in [0.5, 0.6) is 5.75 Å². The summed E-state index contributed by atoms with van der Waals surface area (Å²) >= 11 is 6.04. The zero-order valence-corrected chi connectivity index (χ0v) is 16.1. The number of nitrogens with one attached hydrogen (secondary N) is 1. The smallest absolute Gasteiger partial charge is 0.265 e. The number of nitrogens with zero attached hydrogens (tertiary/aromatic N) is 2. The Kier molecular flexibility index (Phi) is 4.93. The van der Waals surface area contributed by atoms with Gasteiger partial charge in [-0.05, 0) is 43.2 Å². The molecule has 0 saturated heterocycles. The molecule has 2 aromatic carbocycles. The SMILES string of the molecule is COc1ccc(Cl)cc1-n1cc(S(=O)(=O)Nc2c(C)cccc2C)cn1. The number of halogens is 1. The van der Waals surface area contributed by atoms with Gasteiger partial charge in [0.05, 0.1) is 25.2 Å². The Morgan fingerprint density at radius 2 is 1.85 bits per heavy atom. The van der Waals surface area contributed by atoms with Gasteiger partial charge in [0.1, 0.15) is 16.3 Å². The molecule has 0 amide bonds. The van der Waals surface area contributed by atoms with E-state index in [9.17, 15) is 8.42 Å². The number of hydrogen-bond acceptors (Lipinski definition) is 4. The van der Waals surface area contributed by atoms with Crippen LogP contribution in [0.2, 0.25) is 5.02 Å². The normalized spacial score (nSPS) is 11.4. The second-order valence-corrected chi connectivity index (χ2v) is 7.93. The number of para-hydroxylation sites is 1. The standard InChI is InChI=1S/C18H18ClN3O3S/c1-12-5-4-6-13(2)18(12)21-26(23,24)15-10-20-22(11-15)16-9-14(19)7-8-17(16)25-3/h4-11,21H,1-3H3. The second kappa shape index (κ2) is 7.01. The summed E-state index contributed by atoms with van der Waals surface area (Å²) in [5, 5.41) is 4.64. The van der Waals surface area contributed by atoms with Gasteiger partial charge in [-0.1, -0.05) is 29.8 Å². The van der Waals surface area contributed by atoms with E-state index in [1.807, 2.05) is 32.0 Å². The first kappa shape index (κ1) is 18.3. The first-order valence-electron chi connectivity index (χ1n) is 7.79. The summed E-state index contributed by atoms with van der Waals surface area (Å²) in [6, 6.07) is 10.6. The molecular weight excluding hydrogens is 374 g/mol. The van der Waals surface area contributed by atoms with E-state index in [0.29, 0.717) is 22.1 Å². The molecule has 1 N–H and O–H groups in total. The van der Waals surface area contributed by atoms with Crippen LogP contribution in [0.3, 0.4) is 0 Å². The predicted molar refractivity (Wildman–Crippen MR) is 102 cm³/mol. The molecule has 0 radical (unpaired) electrons. The molecule has 0 unspecified atom stereocenters. The summed E-state index contributed by atoms with van der Waals surface area (Å²) < 4.78 is 34.9. The summed E-state index contributed by atoms with van der Waals surface area (Å²) in [5.41, 5.74) is 2.81. The summed E-state index contributed by atoms with van der Waals surface area (Å²) in [4.78, 5) is 0.0437. The van der Waals surface area contributed by atoms with Crippen LogP contribution in [0, 0.1) is 13.8 Å². The minimum atomic E-state index is -3.78. The molecule has 0 spiro atoms. The van der Waals surface area contributed by atoms with Crippen molar-refractivity contribution in [1.29, 1.82) is 0 Å². The third-order valence-electron chi connectivity index (χ3n) is 3.97. The molecule has 3 aromatic rings. The van der Waals surface area contributed by atoms with Gasteiger partial charge in [0, 0.05) is 5.02 Å². The lowest BCUT2D eigenvalue weighted by Gasteiger charge is -2.12. The average Bonchev–Trinajstić information content (AvgIpc) is 3.09. The van der Waals surface area contributed by atoms with Crippen molar-refractivity contribution in [1.82, 2.24) is 9.78 Å². The van der Waals surface area contributed by atoms with Crippen molar-refractivity contribution in [2.75, 3.05) is 11.8 Å². The Morgan fingerprint density at radius 3 is 2.50 bits per heavy atom. The van der Waals surface area contributed by atoms with E-state index in [2.05, 4.69) is 9.82 Å². The molecule has 0 atom stereocenters. The van der Waals surface area contributed by atoms with Gasteiger partial charge in [0.25, 0.3) is 10.0 Å². The molecule has 3 rings (SSSR count). The molecular formula is C18H18ClN3O3S. The number of methoxy groups -OCH3 is 1. The number of aryl methyl sites for hydroxylation is 2. The van der Waals surface area contributed by atoms with Crippen molar-refractivity contribution in [3.8, 4) is 11.4 Å². The number of ether oxygens (including phenoxy) is 1. The number of hydrogen-bond donors (Lipinski definition) is 1. The van der Waals surface area contributed by atoms with E-state index in [4.69, 9.17) is 16.3 Å². The highest BCUT2D eigenvalue weighted by Gasteiger charge is 2.20.